The average Bonchev–Trinajstić information content (AvgIpc) is 2.37. The molecule has 2 N–H and O–H groups in total. The average molecular weight is 228 g/mol. The molecule has 0 radical (unpaired) electrons. The molecule has 0 saturated carbocycles. The number of nitrogens with one attached hydrogen (secondary N) is 1. The van der Waals surface area contributed by atoms with Crippen molar-refractivity contribution in [3.05, 3.63) is 59.8 Å². The summed E-state index contributed by atoms with van der Waals surface area (Å²) in [7, 11) is 0. The van der Waals surface area contributed by atoms with Gasteiger partial charge in [-0.2, -0.15) is 0 Å². The zero-order valence-corrected chi connectivity index (χ0v) is 9.80. The number of aryl methyl sites for hydroxylation is 1. The van der Waals surface area contributed by atoms with Crippen LogP contribution in [0.25, 0.3) is 0 Å². The van der Waals surface area contributed by atoms with E-state index in [0.717, 1.165) is 16.9 Å². The Morgan fingerprint density at radius 1 is 1.24 bits per heavy atom. The van der Waals surface area contributed by atoms with Crippen LogP contribution in [-0.4, -0.2) is 16.6 Å². The summed E-state index contributed by atoms with van der Waals surface area (Å²) in [4.78, 5) is 4.14. The van der Waals surface area contributed by atoms with E-state index in [0.29, 0.717) is 6.54 Å². The van der Waals surface area contributed by atoms with Crippen molar-refractivity contribution in [2.24, 2.45) is 0 Å². The van der Waals surface area contributed by atoms with Gasteiger partial charge in [0.05, 0.1) is 6.10 Å². The first-order valence-corrected chi connectivity index (χ1v) is 5.65. The quantitative estimate of drug-likeness (QED) is 0.845. The topological polar surface area (TPSA) is 45.1 Å². The van der Waals surface area contributed by atoms with Crippen LogP contribution in [0.15, 0.2) is 48.7 Å². The van der Waals surface area contributed by atoms with Crippen molar-refractivity contribution in [2.45, 2.75) is 13.0 Å². The molecule has 1 atom stereocenters. The van der Waals surface area contributed by atoms with Gasteiger partial charge in [-0.3, -0.25) is 0 Å². The zero-order valence-electron chi connectivity index (χ0n) is 9.80. The fourth-order valence-electron chi connectivity index (χ4n) is 1.66. The van der Waals surface area contributed by atoms with Crippen LogP contribution >= 0.6 is 0 Å². The summed E-state index contributed by atoms with van der Waals surface area (Å²) in [5.74, 6) is 0.777. The Balaban J connectivity index is 1.96. The van der Waals surface area contributed by atoms with Gasteiger partial charge in [-0.05, 0) is 24.6 Å². The van der Waals surface area contributed by atoms with Crippen molar-refractivity contribution in [2.75, 3.05) is 11.9 Å². The van der Waals surface area contributed by atoms with E-state index in [9.17, 15) is 5.11 Å². The van der Waals surface area contributed by atoms with E-state index < -0.39 is 6.10 Å². The largest absolute Gasteiger partial charge is 0.387 e. The molecule has 1 unspecified atom stereocenters. The van der Waals surface area contributed by atoms with Crippen molar-refractivity contribution < 1.29 is 5.11 Å². The second-order valence-electron chi connectivity index (χ2n) is 4.03. The molecule has 0 fully saturated rings. The van der Waals surface area contributed by atoms with E-state index in [1.165, 1.54) is 0 Å². The molecule has 1 heterocycles. The Bertz CT molecular complexity index is 471. The van der Waals surface area contributed by atoms with Crippen molar-refractivity contribution in [3.8, 4) is 0 Å². The highest BCUT2D eigenvalue weighted by Crippen LogP contribution is 2.14. The Kier molecular flexibility index (Phi) is 3.73. The summed E-state index contributed by atoms with van der Waals surface area (Å²) in [6.45, 7) is 2.48. The van der Waals surface area contributed by atoms with Crippen molar-refractivity contribution in [3.63, 3.8) is 0 Å². The molecule has 1 aromatic heterocycles. The minimum atomic E-state index is -0.517. The number of hydrogen-bond acceptors (Lipinski definition) is 3. The molecule has 3 heteroatoms. The molecule has 88 valence electrons. The molecule has 0 aliphatic rings. The van der Waals surface area contributed by atoms with Gasteiger partial charge in [0, 0.05) is 12.7 Å². The molecule has 0 bridgehead atoms. The molecule has 0 saturated heterocycles. The maximum atomic E-state index is 10.0. The number of aromatic nitrogens is 1. The second kappa shape index (κ2) is 5.46. The van der Waals surface area contributed by atoms with Crippen LogP contribution in [0.5, 0.6) is 0 Å². The van der Waals surface area contributed by atoms with Crippen molar-refractivity contribution >= 4 is 5.82 Å². The maximum Gasteiger partial charge on any atom is 0.125 e. The molecule has 3 nitrogen and oxygen atoms in total. The van der Waals surface area contributed by atoms with Crippen LogP contribution < -0.4 is 5.32 Å². The fourth-order valence-corrected chi connectivity index (χ4v) is 1.66. The lowest BCUT2D eigenvalue weighted by Crippen LogP contribution is -2.12. The Morgan fingerprint density at radius 3 is 2.82 bits per heavy atom. The van der Waals surface area contributed by atoms with E-state index in [1.54, 1.807) is 6.20 Å². The number of hydrogen-bond donors (Lipinski definition) is 2. The molecule has 17 heavy (non-hydrogen) atoms. The van der Waals surface area contributed by atoms with E-state index >= 15 is 0 Å². The highest BCUT2D eigenvalue weighted by Gasteiger charge is 2.07. The third kappa shape index (κ3) is 3.29. The smallest absolute Gasteiger partial charge is 0.125 e. The number of rotatable bonds is 4. The van der Waals surface area contributed by atoms with E-state index in [1.807, 2.05) is 49.4 Å². The number of pyridine rings is 1. The molecule has 0 aliphatic carbocycles. The predicted octanol–water partition coefficient (Wildman–Crippen LogP) is 2.54. The lowest BCUT2D eigenvalue weighted by Gasteiger charge is -2.13. The minimum absolute atomic E-state index is 0.459. The summed E-state index contributed by atoms with van der Waals surface area (Å²) in [6, 6.07) is 13.5. The summed E-state index contributed by atoms with van der Waals surface area (Å²) < 4.78 is 0. The first-order chi connectivity index (χ1) is 8.25. The molecule has 1 aromatic carbocycles. The molecular weight excluding hydrogens is 212 g/mol. The van der Waals surface area contributed by atoms with Crippen molar-refractivity contribution in [1.82, 2.24) is 4.98 Å². The predicted molar refractivity (Wildman–Crippen MR) is 68.9 cm³/mol. The maximum absolute atomic E-state index is 10.0. The summed E-state index contributed by atoms with van der Waals surface area (Å²) in [5, 5.41) is 13.1. The first kappa shape index (κ1) is 11.6. The molecule has 0 amide bonds. The Hall–Kier alpha value is -1.87. The van der Waals surface area contributed by atoms with Gasteiger partial charge in [0.25, 0.3) is 0 Å². The van der Waals surface area contributed by atoms with Crippen LogP contribution in [0.1, 0.15) is 17.2 Å². The van der Waals surface area contributed by atoms with Gasteiger partial charge < -0.3 is 10.4 Å². The molecule has 0 spiro atoms. The number of benzene rings is 1. The van der Waals surface area contributed by atoms with Gasteiger partial charge in [0.15, 0.2) is 0 Å². The standard InChI is InChI=1S/C14H16N2O/c1-11-5-4-6-12(9-11)13(17)10-16-14-7-2-3-8-15-14/h2-9,13,17H,10H2,1H3,(H,15,16). The Morgan fingerprint density at radius 2 is 2.12 bits per heavy atom. The summed E-state index contributed by atoms with van der Waals surface area (Å²) >= 11 is 0. The van der Waals surface area contributed by atoms with E-state index in [-0.39, 0.29) is 0 Å². The fraction of sp³-hybridized carbons (Fsp3) is 0.214. The number of aliphatic hydroxyl groups excluding tert-OH is 1. The highest BCUT2D eigenvalue weighted by atomic mass is 16.3. The SMILES string of the molecule is Cc1cccc(C(O)CNc2ccccn2)c1. The molecule has 2 rings (SSSR count). The lowest BCUT2D eigenvalue weighted by atomic mass is 10.1. The lowest BCUT2D eigenvalue weighted by molar-refractivity contribution is 0.191. The summed E-state index contributed by atoms with van der Waals surface area (Å²) in [5.41, 5.74) is 2.08. The van der Waals surface area contributed by atoms with Gasteiger partial charge >= 0.3 is 0 Å². The first-order valence-electron chi connectivity index (χ1n) is 5.65. The third-order valence-electron chi connectivity index (χ3n) is 2.57. The van der Waals surface area contributed by atoms with Crippen LogP contribution in [0, 0.1) is 6.92 Å². The Labute approximate surface area is 101 Å². The van der Waals surface area contributed by atoms with Crippen LogP contribution in [-0.2, 0) is 0 Å². The third-order valence-corrected chi connectivity index (χ3v) is 2.57. The van der Waals surface area contributed by atoms with Gasteiger partial charge in [-0.15, -0.1) is 0 Å². The van der Waals surface area contributed by atoms with Crippen LogP contribution in [0.2, 0.25) is 0 Å². The van der Waals surface area contributed by atoms with E-state index in [2.05, 4.69) is 10.3 Å². The normalized spacial score (nSPS) is 12.1. The number of nitrogens with zero attached hydrogens (tertiary/aromatic N) is 1. The summed E-state index contributed by atoms with van der Waals surface area (Å²) in [6.07, 6.45) is 1.21. The van der Waals surface area contributed by atoms with Crippen molar-refractivity contribution in [1.29, 1.82) is 0 Å². The second-order valence-corrected chi connectivity index (χ2v) is 4.03. The van der Waals surface area contributed by atoms with Gasteiger partial charge in [-0.25, -0.2) is 4.98 Å². The zero-order chi connectivity index (χ0) is 12.1. The highest BCUT2D eigenvalue weighted by molar-refractivity contribution is 5.34. The molecule has 0 aliphatic heterocycles. The molecular formula is C14H16N2O. The minimum Gasteiger partial charge on any atom is -0.387 e. The van der Waals surface area contributed by atoms with Gasteiger partial charge in [-0.1, -0.05) is 35.9 Å². The van der Waals surface area contributed by atoms with Gasteiger partial charge in [0.2, 0.25) is 0 Å². The van der Waals surface area contributed by atoms with Crippen LogP contribution in [0.4, 0.5) is 5.82 Å². The van der Waals surface area contributed by atoms with E-state index in [4.69, 9.17) is 0 Å². The number of aliphatic hydroxyl groups is 1. The van der Waals surface area contributed by atoms with Crippen LogP contribution in [0.3, 0.4) is 0 Å². The monoisotopic (exact) mass is 228 g/mol. The number of anilines is 1. The molecule has 2 aromatic rings. The van der Waals surface area contributed by atoms with Gasteiger partial charge in [0.1, 0.15) is 5.82 Å².